The number of rotatable bonds is 6. The third-order valence-electron chi connectivity index (χ3n) is 2.66. The van der Waals surface area contributed by atoms with Crippen molar-refractivity contribution in [1.82, 2.24) is 4.90 Å². The smallest absolute Gasteiger partial charge is 0.256 e. The predicted molar refractivity (Wildman–Crippen MR) is 72.9 cm³/mol. The number of halogens is 4. The summed E-state index contributed by atoms with van der Waals surface area (Å²) in [5, 5.41) is -0.341. The minimum Gasteiger partial charge on any atom is -0.337 e. The first-order valence-corrected chi connectivity index (χ1v) is 6.92. The predicted octanol–water partition coefficient (Wildman–Crippen LogP) is 4.10. The van der Waals surface area contributed by atoms with Crippen molar-refractivity contribution in [1.29, 1.82) is 0 Å². The van der Waals surface area contributed by atoms with Crippen molar-refractivity contribution >= 4 is 29.1 Å². The molecule has 0 spiro atoms. The van der Waals surface area contributed by atoms with Gasteiger partial charge in [-0.25, -0.2) is 8.78 Å². The van der Waals surface area contributed by atoms with E-state index in [1.807, 2.05) is 6.92 Å². The van der Waals surface area contributed by atoms with E-state index in [2.05, 4.69) is 0 Å². The molecule has 0 atom stereocenters. The Morgan fingerprint density at radius 2 is 1.95 bits per heavy atom. The van der Waals surface area contributed by atoms with Gasteiger partial charge in [-0.05, 0) is 18.6 Å². The van der Waals surface area contributed by atoms with E-state index in [1.54, 1.807) is 0 Å². The molecule has 0 heterocycles. The molecular weight excluding hydrogens is 295 g/mol. The van der Waals surface area contributed by atoms with Gasteiger partial charge in [-0.2, -0.15) is 0 Å². The average molecular weight is 310 g/mol. The quantitative estimate of drug-likeness (QED) is 0.572. The summed E-state index contributed by atoms with van der Waals surface area (Å²) in [5.41, 5.74) is -0.317. The maximum Gasteiger partial charge on any atom is 0.256 e. The second kappa shape index (κ2) is 7.65. The molecular formula is C13H15Cl2F2NO. The molecule has 0 unspecified atom stereocenters. The molecule has 1 aromatic carbocycles. The first-order valence-electron chi connectivity index (χ1n) is 6.01. The van der Waals surface area contributed by atoms with Crippen LogP contribution in [0.15, 0.2) is 12.1 Å². The number of alkyl halides is 1. The zero-order valence-corrected chi connectivity index (χ0v) is 12.1. The zero-order chi connectivity index (χ0) is 14.4. The molecule has 0 aliphatic rings. The van der Waals surface area contributed by atoms with Gasteiger partial charge in [0, 0.05) is 19.0 Å². The summed E-state index contributed by atoms with van der Waals surface area (Å²) in [6.07, 6.45) is 1.67. The molecule has 6 heteroatoms. The Hall–Kier alpha value is -0.870. The molecule has 0 N–H and O–H groups in total. The third-order valence-corrected chi connectivity index (χ3v) is 3.12. The fourth-order valence-electron chi connectivity index (χ4n) is 1.62. The van der Waals surface area contributed by atoms with Crippen LogP contribution in [-0.2, 0) is 0 Å². The Morgan fingerprint density at radius 3 is 2.53 bits per heavy atom. The molecule has 1 rings (SSSR count). The molecule has 0 radical (unpaired) electrons. The molecule has 2 nitrogen and oxygen atoms in total. The second-order valence-corrected chi connectivity index (χ2v) is 4.87. The summed E-state index contributed by atoms with van der Waals surface area (Å²) < 4.78 is 27.0. The van der Waals surface area contributed by atoms with E-state index >= 15 is 0 Å². The first kappa shape index (κ1) is 16.2. The maximum atomic E-state index is 13.7. The van der Waals surface area contributed by atoms with Gasteiger partial charge in [0.15, 0.2) is 0 Å². The highest BCUT2D eigenvalue weighted by Gasteiger charge is 2.20. The van der Waals surface area contributed by atoms with Crippen molar-refractivity contribution in [3.63, 3.8) is 0 Å². The third kappa shape index (κ3) is 4.32. The number of unbranched alkanes of at least 4 members (excludes halogenated alkanes) is 1. The Kier molecular flexibility index (Phi) is 6.52. The van der Waals surface area contributed by atoms with Crippen LogP contribution in [0, 0.1) is 11.6 Å². The van der Waals surface area contributed by atoms with Gasteiger partial charge in [0.2, 0.25) is 0 Å². The van der Waals surface area contributed by atoms with Crippen LogP contribution in [0.2, 0.25) is 5.02 Å². The number of carbonyl (C=O) groups is 1. The summed E-state index contributed by atoms with van der Waals surface area (Å²) in [6.45, 7) is 2.74. The van der Waals surface area contributed by atoms with Crippen LogP contribution in [0.25, 0.3) is 0 Å². The van der Waals surface area contributed by atoms with Gasteiger partial charge in [-0.3, -0.25) is 4.79 Å². The lowest BCUT2D eigenvalue weighted by molar-refractivity contribution is 0.0758. The number of carbonyl (C=O) groups excluding carboxylic acids is 1. The number of benzene rings is 1. The summed E-state index contributed by atoms with van der Waals surface area (Å²) >= 11 is 11.1. The van der Waals surface area contributed by atoms with Crippen molar-refractivity contribution < 1.29 is 13.6 Å². The van der Waals surface area contributed by atoms with Crippen molar-refractivity contribution in [2.24, 2.45) is 0 Å². The Bertz CT molecular complexity index is 455. The first-order chi connectivity index (χ1) is 9.01. The fraction of sp³-hybridized carbons (Fsp3) is 0.462. The summed E-state index contributed by atoms with van der Waals surface area (Å²) in [5.74, 6) is -1.96. The van der Waals surface area contributed by atoms with Gasteiger partial charge < -0.3 is 4.90 Å². The van der Waals surface area contributed by atoms with Crippen LogP contribution in [-0.4, -0.2) is 29.8 Å². The molecule has 0 aromatic heterocycles. The minimum atomic E-state index is -0.826. The van der Waals surface area contributed by atoms with Gasteiger partial charge in [-0.1, -0.05) is 24.9 Å². The molecule has 1 aromatic rings. The van der Waals surface area contributed by atoms with E-state index in [1.165, 1.54) is 4.90 Å². The molecule has 0 fully saturated rings. The van der Waals surface area contributed by atoms with Crippen LogP contribution < -0.4 is 0 Å². The van der Waals surface area contributed by atoms with E-state index in [9.17, 15) is 13.6 Å². The lowest BCUT2D eigenvalue weighted by atomic mass is 10.1. The summed E-state index contributed by atoms with van der Waals surface area (Å²) in [4.78, 5) is 13.6. The molecule has 19 heavy (non-hydrogen) atoms. The highest BCUT2D eigenvalue weighted by atomic mass is 35.5. The number of hydrogen-bond acceptors (Lipinski definition) is 1. The number of nitrogens with zero attached hydrogens (tertiary/aromatic N) is 1. The SMILES string of the molecule is CCCCN(CCCl)C(=O)c1cc(F)c(Cl)cc1F. The van der Waals surface area contributed by atoms with Gasteiger partial charge in [-0.15, -0.1) is 11.6 Å². The lowest BCUT2D eigenvalue weighted by Gasteiger charge is -2.21. The van der Waals surface area contributed by atoms with Gasteiger partial charge in [0.05, 0.1) is 10.6 Å². The van der Waals surface area contributed by atoms with Crippen molar-refractivity contribution in [2.45, 2.75) is 19.8 Å². The molecule has 0 saturated heterocycles. The van der Waals surface area contributed by atoms with Crippen LogP contribution in [0.1, 0.15) is 30.1 Å². The van der Waals surface area contributed by atoms with Gasteiger partial charge in [0.1, 0.15) is 11.6 Å². The van der Waals surface area contributed by atoms with Gasteiger partial charge >= 0.3 is 0 Å². The summed E-state index contributed by atoms with van der Waals surface area (Å²) in [6, 6.07) is 1.63. The Morgan fingerprint density at radius 1 is 1.26 bits per heavy atom. The second-order valence-electron chi connectivity index (χ2n) is 4.08. The largest absolute Gasteiger partial charge is 0.337 e. The maximum absolute atomic E-state index is 13.7. The van der Waals surface area contributed by atoms with E-state index < -0.39 is 17.5 Å². The average Bonchev–Trinajstić information content (AvgIpc) is 2.38. The van der Waals surface area contributed by atoms with Crippen LogP contribution in [0.4, 0.5) is 8.78 Å². The fourth-order valence-corrected chi connectivity index (χ4v) is 1.98. The zero-order valence-electron chi connectivity index (χ0n) is 10.6. The van der Waals surface area contributed by atoms with E-state index in [0.717, 1.165) is 25.0 Å². The molecule has 0 aliphatic heterocycles. The molecule has 0 bridgehead atoms. The Labute approximate surface area is 121 Å². The van der Waals surface area contributed by atoms with Crippen LogP contribution in [0.5, 0.6) is 0 Å². The number of hydrogen-bond donors (Lipinski definition) is 0. The van der Waals surface area contributed by atoms with Crippen LogP contribution in [0.3, 0.4) is 0 Å². The topological polar surface area (TPSA) is 20.3 Å². The van der Waals surface area contributed by atoms with Crippen molar-refractivity contribution in [3.8, 4) is 0 Å². The summed E-state index contributed by atoms with van der Waals surface area (Å²) in [7, 11) is 0. The number of amides is 1. The van der Waals surface area contributed by atoms with Crippen molar-refractivity contribution in [2.75, 3.05) is 19.0 Å². The van der Waals surface area contributed by atoms with Crippen molar-refractivity contribution in [3.05, 3.63) is 34.4 Å². The molecule has 1 amide bonds. The van der Waals surface area contributed by atoms with E-state index in [0.29, 0.717) is 13.1 Å². The lowest BCUT2D eigenvalue weighted by Crippen LogP contribution is -2.34. The highest BCUT2D eigenvalue weighted by Crippen LogP contribution is 2.20. The van der Waals surface area contributed by atoms with E-state index in [-0.39, 0.29) is 16.5 Å². The highest BCUT2D eigenvalue weighted by molar-refractivity contribution is 6.30. The standard InChI is InChI=1S/C13H15Cl2F2NO/c1-2-3-5-18(6-4-14)13(19)9-7-12(17)10(15)8-11(9)16/h7-8H,2-6H2,1H3. The minimum absolute atomic E-state index is 0.243. The van der Waals surface area contributed by atoms with E-state index in [4.69, 9.17) is 23.2 Å². The van der Waals surface area contributed by atoms with Crippen LogP contribution >= 0.6 is 23.2 Å². The normalized spacial score (nSPS) is 10.6. The molecule has 106 valence electrons. The monoisotopic (exact) mass is 309 g/mol. The molecule has 0 saturated carbocycles. The Balaban J connectivity index is 2.98. The van der Waals surface area contributed by atoms with Gasteiger partial charge in [0.25, 0.3) is 5.91 Å². The molecule has 0 aliphatic carbocycles.